The van der Waals surface area contributed by atoms with Gasteiger partial charge in [-0.2, -0.15) is 0 Å². The highest BCUT2D eigenvalue weighted by atomic mass is 35.5. The maximum atomic E-state index is 12.8. The van der Waals surface area contributed by atoms with E-state index in [1.165, 1.54) is 30.4 Å². The quantitative estimate of drug-likeness (QED) is 0.595. The molecule has 142 valence electrons. The second-order valence-corrected chi connectivity index (χ2v) is 8.53. The largest absolute Gasteiger partial charge is 0.305 e. The molecule has 0 aliphatic heterocycles. The van der Waals surface area contributed by atoms with E-state index >= 15 is 0 Å². The number of hydrogen-bond acceptors (Lipinski definition) is 3. The van der Waals surface area contributed by atoms with Gasteiger partial charge in [-0.25, -0.2) is 0 Å². The smallest absolute Gasteiger partial charge is 0.189 e. The molecule has 1 fully saturated rings. The molecule has 0 amide bonds. The molecule has 3 rings (SSSR count). The van der Waals surface area contributed by atoms with E-state index in [-0.39, 0.29) is 24.2 Å². The maximum absolute atomic E-state index is 12.8. The third-order valence-electron chi connectivity index (χ3n) is 5.35. The average molecular weight is 392 g/mol. The van der Waals surface area contributed by atoms with Crippen molar-refractivity contribution in [2.45, 2.75) is 70.4 Å². The Balaban J connectivity index is 0.00000243. The number of carbonyl (C=O) groups is 1. The predicted octanol–water partition coefficient (Wildman–Crippen LogP) is 6.18. The number of hydrogen-bond donors (Lipinski definition) is 1. The van der Waals surface area contributed by atoms with Crippen LogP contribution in [0.4, 0.5) is 0 Å². The van der Waals surface area contributed by atoms with Crippen LogP contribution in [0.5, 0.6) is 0 Å². The van der Waals surface area contributed by atoms with Crippen LogP contribution in [0.1, 0.15) is 79.1 Å². The molecule has 0 saturated heterocycles. The van der Waals surface area contributed by atoms with Gasteiger partial charge in [0.25, 0.3) is 0 Å². The standard InChI is InChI=1S/C22H29NOS.ClH/c1-15(2)19-13-21(25-14-19)22(24)16(3)23-20-11-7-10-18(12-20)17-8-5-4-6-9-17;/h4-6,8-9,13-16,18,20,23H,7,10-12H2,1-3H3;1H. The van der Waals surface area contributed by atoms with Crippen molar-refractivity contribution in [1.29, 1.82) is 0 Å². The van der Waals surface area contributed by atoms with Gasteiger partial charge in [-0.15, -0.1) is 23.7 Å². The summed E-state index contributed by atoms with van der Waals surface area (Å²) in [6.45, 7) is 6.36. The summed E-state index contributed by atoms with van der Waals surface area (Å²) in [6.07, 6.45) is 4.79. The molecule has 1 aromatic carbocycles. The molecule has 4 heteroatoms. The first kappa shape index (κ1) is 21.1. The number of benzene rings is 1. The Hall–Kier alpha value is -1.16. The summed E-state index contributed by atoms with van der Waals surface area (Å²) in [6, 6.07) is 13.2. The minimum Gasteiger partial charge on any atom is -0.305 e. The van der Waals surface area contributed by atoms with Crippen molar-refractivity contribution in [1.82, 2.24) is 5.32 Å². The lowest BCUT2D eigenvalue weighted by atomic mass is 9.81. The number of thiophene rings is 1. The summed E-state index contributed by atoms with van der Waals surface area (Å²) in [5, 5.41) is 5.73. The molecule has 3 atom stereocenters. The van der Waals surface area contributed by atoms with Gasteiger partial charge in [-0.3, -0.25) is 4.79 Å². The Labute approximate surface area is 167 Å². The van der Waals surface area contributed by atoms with Crippen LogP contribution in [0, 0.1) is 0 Å². The van der Waals surface area contributed by atoms with Crippen molar-refractivity contribution >= 4 is 29.5 Å². The van der Waals surface area contributed by atoms with E-state index in [4.69, 9.17) is 0 Å². The molecule has 2 aromatic rings. The van der Waals surface area contributed by atoms with Gasteiger partial charge in [0, 0.05) is 6.04 Å². The maximum Gasteiger partial charge on any atom is 0.189 e. The van der Waals surface area contributed by atoms with Gasteiger partial charge in [0.1, 0.15) is 0 Å². The fraction of sp³-hybridized carbons (Fsp3) is 0.500. The third-order valence-corrected chi connectivity index (χ3v) is 6.32. The number of halogens is 1. The number of rotatable bonds is 6. The van der Waals surface area contributed by atoms with Crippen LogP contribution in [0.25, 0.3) is 0 Å². The molecule has 2 nitrogen and oxygen atoms in total. The van der Waals surface area contributed by atoms with E-state index in [2.05, 4.69) is 60.9 Å². The van der Waals surface area contributed by atoms with Crippen molar-refractivity contribution in [3.63, 3.8) is 0 Å². The second kappa shape index (κ2) is 9.68. The fourth-order valence-corrected chi connectivity index (χ4v) is 4.89. The monoisotopic (exact) mass is 391 g/mol. The summed E-state index contributed by atoms with van der Waals surface area (Å²) in [5.41, 5.74) is 2.70. The number of ketones is 1. The molecule has 0 bridgehead atoms. The first-order valence-electron chi connectivity index (χ1n) is 9.48. The average Bonchev–Trinajstić information content (AvgIpc) is 3.12. The number of carbonyl (C=O) groups excluding carboxylic acids is 1. The Kier molecular flexibility index (Phi) is 7.87. The van der Waals surface area contributed by atoms with Crippen molar-refractivity contribution in [2.24, 2.45) is 0 Å². The first-order chi connectivity index (χ1) is 12.0. The lowest BCUT2D eigenvalue weighted by Crippen LogP contribution is -2.43. The van der Waals surface area contributed by atoms with Crippen LogP contribution in [-0.4, -0.2) is 17.9 Å². The zero-order valence-corrected chi connectivity index (χ0v) is 17.5. The van der Waals surface area contributed by atoms with E-state index in [0.717, 1.165) is 11.3 Å². The molecule has 1 heterocycles. The highest BCUT2D eigenvalue weighted by Gasteiger charge is 2.26. The van der Waals surface area contributed by atoms with Crippen molar-refractivity contribution in [3.8, 4) is 0 Å². The molecular weight excluding hydrogens is 362 g/mol. The molecule has 1 aliphatic rings. The topological polar surface area (TPSA) is 29.1 Å². The first-order valence-corrected chi connectivity index (χ1v) is 10.4. The normalized spacial score (nSPS) is 21.2. The summed E-state index contributed by atoms with van der Waals surface area (Å²) in [7, 11) is 0. The van der Waals surface area contributed by atoms with E-state index in [9.17, 15) is 4.79 Å². The number of Topliss-reactive ketones (excluding diaryl/α,β-unsaturated/α-hetero) is 1. The zero-order chi connectivity index (χ0) is 17.8. The second-order valence-electron chi connectivity index (χ2n) is 7.62. The molecular formula is C22H30ClNOS. The van der Waals surface area contributed by atoms with E-state index in [1.807, 2.05) is 6.92 Å². The van der Waals surface area contributed by atoms with Gasteiger partial charge in [0.15, 0.2) is 5.78 Å². The lowest BCUT2D eigenvalue weighted by molar-refractivity contribution is 0.0943. The lowest BCUT2D eigenvalue weighted by Gasteiger charge is -2.31. The fourth-order valence-electron chi connectivity index (χ4n) is 3.79. The summed E-state index contributed by atoms with van der Waals surface area (Å²) < 4.78 is 0. The van der Waals surface area contributed by atoms with Crippen LogP contribution in [0.3, 0.4) is 0 Å². The molecule has 1 aromatic heterocycles. The molecule has 1 N–H and O–H groups in total. The SMILES string of the molecule is CC(NC1CCCC(c2ccccc2)C1)C(=O)c1cc(C(C)C)cs1.Cl. The molecule has 3 unspecified atom stereocenters. The Morgan fingerprint density at radius 2 is 1.88 bits per heavy atom. The van der Waals surface area contributed by atoms with E-state index in [1.54, 1.807) is 11.3 Å². The van der Waals surface area contributed by atoms with Crippen LogP contribution >= 0.6 is 23.7 Å². The Morgan fingerprint density at radius 3 is 2.54 bits per heavy atom. The minimum absolute atomic E-state index is 0. The van der Waals surface area contributed by atoms with Crippen molar-refractivity contribution in [3.05, 3.63) is 57.8 Å². The Bertz CT molecular complexity index is 697. The van der Waals surface area contributed by atoms with Crippen molar-refractivity contribution < 1.29 is 4.79 Å². The molecule has 0 radical (unpaired) electrons. The summed E-state index contributed by atoms with van der Waals surface area (Å²) in [5.74, 6) is 1.33. The van der Waals surface area contributed by atoms with E-state index < -0.39 is 0 Å². The molecule has 1 saturated carbocycles. The third kappa shape index (κ3) is 5.18. The van der Waals surface area contributed by atoms with Gasteiger partial charge in [0.2, 0.25) is 0 Å². The van der Waals surface area contributed by atoms with Crippen LogP contribution in [0.2, 0.25) is 0 Å². The highest BCUT2D eigenvalue weighted by molar-refractivity contribution is 7.12. The predicted molar refractivity (Wildman–Crippen MR) is 114 cm³/mol. The summed E-state index contributed by atoms with van der Waals surface area (Å²) in [4.78, 5) is 13.6. The highest BCUT2D eigenvalue weighted by Crippen LogP contribution is 2.33. The van der Waals surface area contributed by atoms with Gasteiger partial charge in [0.05, 0.1) is 10.9 Å². The molecule has 0 spiro atoms. The molecule has 1 aliphatic carbocycles. The van der Waals surface area contributed by atoms with E-state index in [0.29, 0.717) is 17.9 Å². The van der Waals surface area contributed by atoms with Gasteiger partial charge in [-0.1, -0.05) is 50.6 Å². The summed E-state index contributed by atoms with van der Waals surface area (Å²) >= 11 is 1.58. The van der Waals surface area contributed by atoms with Crippen LogP contribution in [0.15, 0.2) is 41.8 Å². The zero-order valence-electron chi connectivity index (χ0n) is 15.9. The Morgan fingerprint density at radius 1 is 1.15 bits per heavy atom. The van der Waals surface area contributed by atoms with Crippen molar-refractivity contribution in [2.75, 3.05) is 0 Å². The van der Waals surface area contributed by atoms with Crippen LogP contribution in [-0.2, 0) is 0 Å². The van der Waals surface area contributed by atoms with Gasteiger partial charge in [-0.05, 0) is 60.6 Å². The minimum atomic E-state index is -0.113. The van der Waals surface area contributed by atoms with Gasteiger partial charge < -0.3 is 5.32 Å². The molecule has 26 heavy (non-hydrogen) atoms. The van der Waals surface area contributed by atoms with Gasteiger partial charge >= 0.3 is 0 Å². The van der Waals surface area contributed by atoms with Crippen LogP contribution < -0.4 is 5.32 Å². The number of nitrogens with one attached hydrogen (secondary N) is 1.